The molecular weight excluding hydrogens is 489 g/mol. The number of fused-ring (bicyclic) bond motifs is 1. The molecule has 1 fully saturated rings. The van der Waals surface area contributed by atoms with E-state index in [0.717, 1.165) is 0 Å². The van der Waals surface area contributed by atoms with Gasteiger partial charge in [-0.05, 0) is 6.07 Å². The van der Waals surface area contributed by atoms with E-state index < -0.39 is 54.6 Å². The standard InChI is InChI=1S/C11H17N4O13P3/c12-9-5-1-2-15(10(5)14-4-13-9)11-8(17)7(16)6(26-11)3-25-30(21,22)28-31(23,24)27-29(18,19)20/h1-2,4,6-8,11,16-17H,3H2,(H,21,22)(H,23,24)(H2,12,13,14)(H2,18,19,20). The summed E-state index contributed by atoms with van der Waals surface area (Å²) in [6.07, 6.45) is -3.24. The van der Waals surface area contributed by atoms with Gasteiger partial charge >= 0.3 is 23.5 Å². The molecule has 1 aliphatic heterocycles. The van der Waals surface area contributed by atoms with E-state index in [1.807, 2.05) is 0 Å². The molecule has 2 aromatic heterocycles. The molecule has 6 atom stereocenters. The number of nitrogens with zero attached hydrogens (tertiary/aromatic N) is 3. The summed E-state index contributed by atoms with van der Waals surface area (Å²) in [6, 6.07) is 1.53. The van der Waals surface area contributed by atoms with Crippen molar-refractivity contribution < 1.29 is 61.4 Å². The van der Waals surface area contributed by atoms with Crippen LogP contribution in [0.3, 0.4) is 0 Å². The van der Waals surface area contributed by atoms with Crippen molar-refractivity contribution in [2.45, 2.75) is 24.5 Å². The molecule has 1 saturated heterocycles. The molecule has 0 spiro atoms. The van der Waals surface area contributed by atoms with E-state index in [-0.39, 0.29) is 11.5 Å². The number of nitrogens with two attached hydrogens (primary N) is 1. The first-order valence-electron chi connectivity index (χ1n) is 8.06. The highest BCUT2D eigenvalue weighted by molar-refractivity contribution is 7.66. The van der Waals surface area contributed by atoms with Crippen LogP contribution in [0.15, 0.2) is 18.6 Å². The first-order chi connectivity index (χ1) is 14.2. The van der Waals surface area contributed by atoms with Gasteiger partial charge in [0.05, 0.1) is 12.0 Å². The number of nitrogen functional groups attached to an aromatic ring is 1. The number of aliphatic hydroxyl groups is 2. The molecule has 0 radical (unpaired) electrons. The average molecular weight is 506 g/mol. The molecule has 3 heterocycles. The number of phosphoric acid groups is 3. The maximum absolute atomic E-state index is 11.8. The Morgan fingerprint density at radius 3 is 2.39 bits per heavy atom. The van der Waals surface area contributed by atoms with Crippen molar-refractivity contribution in [3.05, 3.63) is 18.6 Å². The van der Waals surface area contributed by atoms with Crippen molar-refractivity contribution in [2.75, 3.05) is 12.3 Å². The number of aliphatic hydroxyl groups excluding tert-OH is 2. The third-order valence-corrected chi connectivity index (χ3v) is 7.77. The van der Waals surface area contributed by atoms with Gasteiger partial charge in [0.25, 0.3) is 0 Å². The van der Waals surface area contributed by atoms with Gasteiger partial charge in [0.2, 0.25) is 0 Å². The monoisotopic (exact) mass is 506 g/mol. The molecule has 174 valence electrons. The third kappa shape index (κ3) is 5.74. The molecule has 31 heavy (non-hydrogen) atoms. The summed E-state index contributed by atoms with van der Waals surface area (Å²) >= 11 is 0. The Kier molecular flexibility index (Phi) is 6.73. The Morgan fingerprint density at radius 2 is 1.74 bits per heavy atom. The van der Waals surface area contributed by atoms with Crippen LogP contribution in [-0.4, -0.2) is 69.2 Å². The minimum atomic E-state index is -5.69. The molecule has 17 nitrogen and oxygen atoms in total. The van der Waals surface area contributed by atoms with Crippen molar-refractivity contribution in [3.63, 3.8) is 0 Å². The molecule has 20 heteroatoms. The maximum atomic E-state index is 11.8. The van der Waals surface area contributed by atoms with Crippen LogP contribution in [0.1, 0.15) is 6.23 Å². The number of ether oxygens (including phenoxy) is 1. The van der Waals surface area contributed by atoms with Crippen molar-refractivity contribution in [2.24, 2.45) is 0 Å². The number of rotatable bonds is 8. The summed E-state index contributed by atoms with van der Waals surface area (Å²) in [7, 11) is -16.7. The van der Waals surface area contributed by atoms with Gasteiger partial charge in [-0.25, -0.2) is 23.7 Å². The van der Waals surface area contributed by atoms with E-state index in [1.54, 1.807) is 0 Å². The predicted molar refractivity (Wildman–Crippen MR) is 97.7 cm³/mol. The van der Waals surface area contributed by atoms with E-state index in [2.05, 4.69) is 23.1 Å². The summed E-state index contributed by atoms with van der Waals surface area (Å²) in [5.74, 6) is 0.154. The fourth-order valence-corrected chi connectivity index (χ4v) is 5.79. The van der Waals surface area contributed by atoms with Crippen LogP contribution < -0.4 is 5.73 Å². The van der Waals surface area contributed by atoms with Gasteiger partial charge in [-0.2, -0.15) is 8.62 Å². The van der Waals surface area contributed by atoms with Crippen LogP contribution >= 0.6 is 23.5 Å². The number of hydrogen-bond donors (Lipinski definition) is 7. The van der Waals surface area contributed by atoms with Crippen LogP contribution in [0.25, 0.3) is 11.0 Å². The molecule has 1 aliphatic rings. The summed E-state index contributed by atoms with van der Waals surface area (Å²) in [5.41, 5.74) is 5.99. The van der Waals surface area contributed by atoms with Crippen LogP contribution in [0.2, 0.25) is 0 Å². The SMILES string of the molecule is Nc1ncnc2c1ccn2C1OC(COP(=O)(O)OP(=O)(O)OP(=O)(O)O)C(O)C1O. The fraction of sp³-hybridized carbons (Fsp3) is 0.455. The molecule has 0 amide bonds. The normalized spacial score (nSPS) is 28.5. The Morgan fingerprint density at radius 1 is 1.06 bits per heavy atom. The highest BCUT2D eigenvalue weighted by Gasteiger charge is 2.46. The largest absolute Gasteiger partial charge is 0.490 e. The fourth-order valence-electron chi connectivity index (χ4n) is 2.76. The topological polar surface area (TPSA) is 266 Å². The first kappa shape index (κ1) is 24.4. The highest BCUT2D eigenvalue weighted by Crippen LogP contribution is 2.66. The van der Waals surface area contributed by atoms with Gasteiger partial charge < -0.3 is 44.8 Å². The molecule has 0 aliphatic carbocycles. The number of anilines is 1. The van der Waals surface area contributed by atoms with Crippen molar-refractivity contribution in [1.29, 1.82) is 0 Å². The molecule has 0 bridgehead atoms. The molecule has 0 aromatic carbocycles. The summed E-state index contributed by atoms with van der Waals surface area (Å²) in [4.78, 5) is 43.4. The summed E-state index contributed by atoms with van der Waals surface area (Å²) in [6.45, 7) is -0.936. The molecule has 3 rings (SSSR count). The molecular formula is C11H17N4O13P3. The minimum absolute atomic E-state index is 0.154. The molecule has 8 N–H and O–H groups in total. The number of aromatic nitrogens is 3. The Hall–Kier alpha value is -1.29. The lowest BCUT2D eigenvalue weighted by Crippen LogP contribution is -2.33. The molecule has 6 unspecified atom stereocenters. The van der Waals surface area contributed by atoms with E-state index in [0.29, 0.717) is 5.39 Å². The molecule has 2 aromatic rings. The lowest BCUT2D eigenvalue weighted by molar-refractivity contribution is -0.0500. The second-order valence-corrected chi connectivity index (χ2v) is 10.6. The van der Waals surface area contributed by atoms with E-state index >= 15 is 0 Å². The first-order valence-corrected chi connectivity index (χ1v) is 12.6. The Balaban J connectivity index is 1.69. The zero-order valence-electron chi connectivity index (χ0n) is 15.1. The van der Waals surface area contributed by atoms with Gasteiger partial charge in [-0.1, -0.05) is 0 Å². The third-order valence-electron chi connectivity index (χ3n) is 3.97. The van der Waals surface area contributed by atoms with Crippen LogP contribution in [-0.2, 0) is 31.6 Å². The van der Waals surface area contributed by atoms with Gasteiger partial charge in [-0.3, -0.25) is 4.52 Å². The smallest absolute Gasteiger partial charge is 0.387 e. The van der Waals surface area contributed by atoms with Gasteiger partial charge in [0.1, 0.15) is 36.1 Å². The van der Waals surface area contributed by atoms with Crippen LogP contribution in [0, 0.1) is 0 Å². The van der Waals surface area contributed by atoms with Crippen molar-refractivity contribution in [1.82, 2.24) is 14.5 Å². The lowest BCUT2D eigenvalue weighted by atomic mass is 10.1. The zero-order chi connectivity index (χ0) is 23.2. The number of phosphoric ester groups is 1. The van der Waals surface area contributed by atoms with E-state index in [1.165, 1.54) is 23.2 Å². The quantitative estimate of drug-likeness (QED) is 0.211. The van der Waals surface area contributed by atoms with E-state index in [9.17, 15) is 28.8 Å². The predicted octanol–water partition coefficient (Wildman–Crippen LogP) is -1.02. The van der Waals surface area contributed by atoms with Crippen molar-refractivity contribution >= 4 is 40.3 Å². The van der Waals surface area contributed by atoms with E-state index in [4.69, 9.17) is 25.2 Å². The Labute approximate surface area is 172 Å². The Bertz CT molecular complexity index is 1100. The second kappa shape index (κ2) is 8.57. The second-order valence-electron chi connectivity index (χ2n) is 6.15. The van der Waals surface area contributed by atoms with Crippen molar-refractivity contribution in [3.8, 4) is 0 Å². The zero-order valence-corrected chi connectivity index (χ0v) is 17.7. The van der Waals surface area contributed by atoms with Gasteiger partial charge in [0.15, 0.2) is 6.23 Å². The summed E-state index contributed by atoms with van der Waals surface area (Å²) in [5, 5.41) is 20.9. The lowest BCUT2D eigenvalue weighted by Gasteiger charge is -2.19. The minimum Gasteiger partial charge on any atom is -0.387 e. The van der Waals surface area contributed by atoms with Crippen LogP contribution in [0.4, 0.5) is 5.82 Å². The van der Waals surface area contributed by atoms with Gasteiger partial charge in [0, 0.05) is 6.20 Å². The maximum Gasteiger partial charge on any atom is 0.490 e. The van der Waals surface area contributed by atoms with Crippen LogP contribution in [0.5, 0.6) is 0 Å². The van der Waals surface area contributed by atoms with Gasteiger partial charge in [-0.15, -0.1) is 0 Å². The molecule has 0 saturated carbocycles. The average Bonchev–Trinajstić information content (AvgIpc) is 3.13. The number of hydrogen-bond acceptors (Lipinski definition) is 12. The summed E-state index contributed by atoms with van der Waals surface area (Å²) < 4.78 is 52.1. The highest BCUT2D eigenvalue weighted by atomic mass is 31.3.